The van der Waals surface area contributed by atoms with E-state index in [1.165, 1.54) is 0 Å². The quantitative estimate of drug-likeness (QED) is 0.920. The molecule has 1 aliphatic rings. The van der Waals surface area contributed by atoms with Crippen molar-refractivity contribution in [2.24, 2.45) is 0 Å². The maximum atomic E-state index is 12.5. The topological polar surface area (TPSA) is 80.9 Å². The standard InChI is InChI=1S/C13H10ClF3N4O2/c14-8-3-7(13(15,16)17)4-18-10(8)11(22)19-5-9-20-21-12(23-9)6-1-2-6/h3-4,6H,1-2,5H2,(H,19,22). The number of amides is 1. The summed E-state index contributed by atoms with van der Waals surface area (Å²) >= 11 is 5.69. The lowest BCUT2D eigenvalue weighted by Gasteiger charge is -2.08. The van der Waals surface area contributed by atoms with E-state index in [2.05, 4.69) is 20.5 Å². The van der Waals surface area contributed by atoms with Crippen LogP contribution in [0.1, 0.15) is 46.6 Å². The van der Waals surface area contributed by atoms with Crippen LogP contribution >= 0.6 is 11.6 Å². The monoisotopic (exact) mass is 346 g/mol. The van der Waals surface area contributed by atoms with Gasteiger partial charge in [0.25, 0.3) is 5.91 Å². The minimum absolute atomic E-state index is 0.0580. The summed E-state index contributed by atoms with van der Waals surface area (Å²) in [6.07, 6.45) is -2.02. The van der Waals surface area contributed by atoms with E-state index >= 15 is 0 Å². The SMILES string of the molecule is O=C(NCc1nnc(C2CC2)o1)c1ncc(C(F)(F)F)cc1Cl. The molecule has 0 atom stereocenters. The Hall–Kier alpha value is -2.16. The van der Waals surface area contributed by atoms with Crippen LogP contribution in [0.4, 0.5) is 13.2 Å². The molecule has 0 unspecified atom stereocenters. The van der Waals surface area contributed by atoms with Gasteiger partial charge in [-0.3, -0.25) is 4.79 Å². The molecule has 1 amide bonds. The molecule has 0 saturated heterocycles. The third-order valence-corrected chi connectivity index (χ3v) is 3.48. The van der Waals surface area contributed by atoms with Crippen molar-refractivity contribution in [3.63, 3.8) is 0 Å². The van der Waals surface area contributed by atoms with E-state index in [4.69, 9.17) is 16.0 Å². The molecule has 2 heterocycles. The van der Waals surface area contributed by atoms with E-state index in [0.717, 1.165) is 12.8 Å². The Morgan fingerprint density at radius 2 is 2.13 bits per heavy atom. The lowest BCUT2D eigenvalue weighted by atomic mass is 10.2. The predicted octanol–water partition coefficient (Wildman–Crippen LogP) is 2.94. The van der Waals surface area contributed by atoms with Crippen molar-refractivity contribution in [3.05, 3.63) is 40.3 Å². The van der Waals surface area contributed by atoms with Gasteiger partial charge in [-0.05, 0) is 18.9 Å². The van der Waals surface area contributed by atoms with E-state index in [9.17, 15) is 18.0 Å². The first-order valence-corrected chi connectivity index (χ1v) is 7.05. The Balaban J connectivity index is 1.65. The lowest BCUT2D eigenvalue weighted by Crippen LogP contribution is -2.24. The Labute approximate surface area is 133 Å². The molecule has 1 fully saturated rings. The summed E-state index contributed by atoms with van der Waals surface area (Å²) in [5.41, 5.74) is -1.33. The zero-order valence-corrected chi connectivity index (χ0v) is 12.3. The number of pyridine rings is 1. The number of nitrogens with zero attached hydrogens (tertiary/aromatic N) is 3. The normalized spacial score (nSPS) is 14.8. The van der Waals surface area contributed by atoms with Crippen LogP contribution in [0.3, 0.4) is 0 Å². The molecule has 0 bridgehead atoms. The molecule has 3 rings (SSSR count). The molecule has 0 spiro atoms. The molecular formula is C13H10ClF3N4O2. The number of carbonyl (C=O) groups excluding carboxylic acids is 1. The summed E-state index contributed by atoms with van der Waals surface area (Å²) in [5, 5.41) is 9.66. The summed E-state index contributed by atoms with van der Waals surface area (Å²) in [6.45, 7) is -0.0580. The number of carbonyl (C=O) groups is 1. The van der Waals surface area contributed by atoms with E-state index in [-0.39, 0.29) is 29.1 Å². The Kier molecular flexibility index (Phi) is 3.97. The second-order valence-corrected chi connectivity index (χ2v) is 5.45. The molecule has 122 valence electrons. The molecule has 0 aromatic carbocycles. The van der Waals surface area contributed by atoms with Crippen molar-refractivity contribution in [2.45, 2.75) is 31.5 Å². The van der Waals surface area contributed by atoms with Crippen molar-refractivity contribution in [2.75, 3.05) is 0 Å². The van der Waals surface area contributed by atoms with Crippen molar-refractivity contribution in [3.8, 4) is 0 Å². The largest absolute Gasteiger partial charge is 0.423 e. The highest BCUT2D eigenvalue weighted by Crippen LogP contribution is 2.39. The zero-order valence-electron chi connectivity index (χ0n) is 11.5. The van der Waals surface area contributed by atoms with Crippen molar-refractivity contribution < 1.29 is 22.4 Å². The number of hydrogen-bond donors (Lipinski definition) is 1. The summed E-state index contributed by atoms with van der Waals surface area (Å²) < 4.78 is 42.9. The van der Waals surface area contributed by atoms with E-state index in [0.29, 0.717) is 18.2 Å². The number of halogens is 4. The molecule has 23 heavy (non-hydrogen) atoms. The fourth-order valence-corrected chi connectivity index (χ4v) is 2.09. The summed E-state index contributed by atoms with van der Waals surface area (Å²) in [7, 11) is 0. The Morgan fingerprint density at radius 1 is 1.39 bits per heavy atom. The zero-order chi connectivity index (χ0) is 16.6. The van der Waals surface area contributed by atoms with Gasteiger partial charge in [0, 0.05) is 12.1 Å². The number of nitrogens with one attached hydrogen (secondary N) is 1. The minimum Gasteiger partial charge on any atom is -0.423 e. The van der Waals surface area contributed by atoms with Crippen LogP contribution in [0, 0.1) is 0 Å². The first-order valence-electron chi connectivity index (χ1n) is 6.68. The van der Waals surface area contributed by atoms with Gasteiger partial charge in [-0.2, -0.15) is 13.2 Å². The Morgan fingerprint density at radius 3 is 2.74 bits per heavy atom. The van der Waals surface area contributed by atoms with Gasteiger partial charge in [-0.15, -0.1) is 10.2 Å². The molecule has 2 aromatic heterocycles. The molecule has 0 radical (unpaired) electrons. The van der Waals surface area contributed by atoms with Gasteiger partial charge in [0.15, 0.2) is 0 Å². The second-order valence-electron chi connectivity index (χ2n) is 5.04. The third kappa shape index (κ3) is 3.61. The maximum absolute atomic E-state index is 12.5. The molecule has 0 aliphatic heterocycles. The number of hydrogen-bond acceptors (Lipinski definition) is 5. The van der Waals surface area contributed by atoms with Crippen LogP contribution in [-0.2, 0) is 12.7 Å². The van der Waals surface area contributed by atoms with Crippen LogP contribution in [0.25, 0.3) is 0 Å². The molecule has 1 N–H and O–H groups in total. The van der Waals surface area contributed by atoms with Gasteiger partial charge in [0.05, 0.1) is 17.1 Å². The van der Waals surface area contributed by atoms with Crippen LogP contribution < -0.4 is 5.32 Å². The van der Waals surface area contributed by atoms with Crippen LogP contribution in [0.5, 0.6) is 0 Å². The predicted molar refractivity (Wildman–Crippen MR) is 71.7 cm³/mol. The molecule has 1 aliphatic carbocycles. The summed E-state index contributed by atoms with van der Waals surface area (Å²) in [6, 6.07) is 0.654. The average molecular weight is 347 g/mol. The highest BCUT2D eigenvalue weighted by atomic mass is 35.5. The molecule has 1 saturated carbocycles. The second kappa shape index (κ2) is 5.80. The van der Waals surface area contributed by atoms with Gasteiger partial charge in [-0.25, -0.2) is 4.98 Å². The van der Waals surface area contributed by atoms with Gasteiger partial charge >= 0.3 is 6.18 Å². The number of aromatic nitrogens is 3. The fraction of sp³-hybridized carbons (Fsp3) is 0.385. The maximum Gasteiger partial charge on any atom is 0.417 e. The van der Waals surface area contributed by atoms with Crippen LogP contribution in [0.2, 0.25) is 5.02 Å². The van der Waals surface area contributed by atoms with Gasteiger partial charge < -0.3 is 9.73 Å². The highest BCUT2D eigenvalue weighted by molar-refractivity contribution is 6.33. The average Bonchev–Trinajstić information content (AvgIpc) is 3.23. The smallest absolute Gasteiger partial charge is 0.417 e. The van der Waals surface area contributed by atoms with E-state index < -0.39 is 17.6 Å². The minimum atomic E-state index is -4.57. The first kappa shape index (κ1) is 15.7. The molecule has 10 heteroatoms. The molecule has 2 aromatic rings. The summed E-state index contributed by atoms with van der Waals surface area (Å²) in [5.74, 6) is 0.302. The van der Waals surface area contributed by atoms with Crippen molar-refractivity contribution >= 4 is 17.5 Å². The van der Waals surface area contributed by atoms with Gasteiger partial charge in [-0.1, -0.05) is 11.6 Å². The van der Waals surface area contributed by atoms with Crippen molar-refractivity contribution in [1.29, 1.82) is 0 Å². The molecular weight excluding hydrogens is 337 g/mol. The van der Waals surface area contributed by atoms with Gasteiger partial charge in [0.1, 0.15) is 5.69 Å². The van der Waals surface area contributed by atoms with E-state index in [1.54, 1.807) is 0 Å². The highest BCUT2D eigenvalue weighted by Gasteiger charge is 2.32. The van der Waals surface area contributed by atoms with Crippen molar-refractivity contribution in [1.82, 2.24) is 20.5 Å². The number of alkyl halides is 3. The van der Waals surface area contributed by atoms with Crippen LogP contribution in [-0.4, -0.2) is 21.1 Å². The first-order chi connectivity index (χ1) is 10.8. The van der Waals surface area contributed by atoms with Crippen LogP contribution in [0.15, 0.2) is 16.7 Å². The fourth-order valence-electron chi connectivity index (χ4n) is 1.83. The van der Waals surface area contributed by atoms with Gasteiger partial charge in [0.2, 0.25) is 11.8 Å². The van der Waals surface area contributed by atoms with E-state index in [1.807, 2.05) is 0 Å². The Bertz CT molecular complexity index is 743. The summed E-state index contributed by atoms with van der Waals surface area (Å²) in [4.78, 5) is 15.4. The molecule has 6 nitrogen and oxygen atoms in total. The lowest BCUT2D eigenvalue weighted by molar-refractivity contribution is -0.137. The number of rotatable bonds is 4. The third-order valence-electron chi connectivity index (χ3n) is 3.19.